The Kier molecular flexibility index (Phi) is 4.16. The Morgan fingerprint density at radius 2 is 2.11 bits per heavy atom. The predicted octanol–water partition coefficient (Wildman–Crippen LogP) is 3.79. The molecule has 0 saturated carbocycles. The number of benzene rings is 1. The Balaban J connectivity index is 2.57. The highest BCUT2D eigenvalue weighted by atomic mass is 127. The van der Waals surface area contributed by atoms with Gasteiger partial charge in [-0.1, -0.05) is 6.92 Å². The number of nitrogens with zero attached hydrogens (tertiary/aromatic N) is 2. The van der Waals surface area contributed by atoms with Gasteiger partial charge in [0.15, 0.2) is 5.82 Å². The van der Waals surface area contributed by atoms with E-state index in [2.05, 4.69) is 48.5 Å². The highest BCUT2D eigenvalue weighted by Crippen LogP contribution is 2.26. The summed E-state index contributed by atoms with van der Waals surface area (Å²) in [6.45, 7) is 2.01. The van der Waals surface area contributed by atoms with E-state index in [1.807, 2.05) is 6.92 Å². The number of nitrogens with two attached hydrogens (primary N) is 1. The minimum absolute atomic E-state index is 0.312. The van der Waals surface area contributed by atoms with Crippen LogP contribution >= 0.6 is 38.5 Å². The summed E-state index contributed by atoms with van der Waals surface area (Å²) in [5.74, 6) is 0.663. The van der Waals surface area contributed by atoms with Crippen LogP contribution in [0.3, 0.4) is 0 Å². The van der Waals surface area contributed by atoms with Gasteiger partial charge < -0.3 is 5.73 Å². The van der Waals surface area contributed by atoms with Crippen molar-refractivity contribution in [2.24, 2.45) is 0 Å². The Labute approximate surface area is 126 Å². The summed E-state index contributed by atoms with van der Waals surface area (Å²) in [5.41, 5.74) is 7.50. The van der Waals surface area contributed by atoms with Crippen molar-refractivity contribution in [1.82, 2.24) is 9.97 Å². The third-order valence-corrected chi connectivity index (χ3v) is 4.24. The van der Waals surface area contributed by atoms with Crippen LogP contribution in [0.1, 0.15) is 12.6 Å². The van der Waals surface area contributed by atoms with Crippen LogP contribution in [0.5, 0.6) is 0 Å². The van der Waals surface area contributed by atoms with E-state index in [1.165, 1.54) is 6.07 Å². The van der Waals surface area contributed by atoms with E-state index in [1.54, 1.807) is 12.1 Å². The number of aryl methyl sites for hydroxylation is 1. The van der Waals surface area contributed by atoms with Gasteiger partial charge in [0, 0.05) is 5.56 Å². The van der Waals surface area contributed by atoms with Crippen LogP contribution in [0.25, 0.3) is 11.4 Å². The number of aromatic nitrogens is 2. The van der Waals surface area contributed by atoms with E-state index in [0.717, 1.165) is 21.2 Å². The van der Waals surface area contributed by atoms with Gasteiger partial charge in [0.25, 0.3) is 0 Å². The molecule has 0 aliphatic carbocycles. The first kappa shape index (κ1) is 13.7. The van der Waals surface area contributed by atoms with Crippen molar-refractivity contribution in [3.8, 4) is 11.4 Å². The monoisotopic (exact) mass is 421 g/mol. The van der Waals surface area contributed by atoms with E-state index < -0.39 is 0 Å². The van der Waals surface area contributed by atoms with Crippen molar-refractivity contribution >= 4 is 44.3 Å². The molecule has 0 bridgehead atoms. The zero-order valence-electron chi connectivity index (χ0n) is 9.54. The van der Waals surface area contributed by atoms with Crippen LogP contribution in [-0.4, -0.2) is 9.97 Å². The van der Waals surface area contributed by atoms with Crippen LogP contribution in [0.15, 0.2) is 22.7 Å². The Bertz CT molecular complexity index is 604. The van der Waals surface area contributed by atoms with Crippen LogP contribution in [-0.2, 0) is 6.42 Å². The molecule has 2 N–H and O–H groups in total. The smallest absolute Gasteiger partial charge is 0.161 e. The van der Waals surface area contributed by atoms with Crippen LogP contribution < -0.4 is 5.73 Å². The lowest BCUT2D eigenvalue weighted by atomic mass is 10.2. The third-order valence-electron chi connectivity index (χ3n) is 2.46. The summed E-state index contributed by atoms with van der Waals surface area (Å²) in [6, 6.07) is 4.67. The molecule has 0 radical (unpaired) electrons. The first-order valence-corrected chi connectivity index (χ1v) is 7.17. The molecule has 0 aliphatic heterocycles. The molecule has 1 heterocycles. The van der Waals surface area contributed by atoms with E-state index in [0.29, 0.717) is 16.1 Å². The molecule has 1 aromatic heterocycles. The molecule has 2 rings (SSSR count). The van der Waals surface area contributed by atoms with Crippen LogP contribution in [0.2, 0.25) is 0 Å². The van der Waals surface area contributed by atoms with Crippen molar-refractivity contribution in [3.05, 3.63) is 37.8 Å². The maximum atomic E-state index is 13.2. The highest BCUT2D eigenvalue weighted by molar-refractivity contribution is 14.1. The quantitative estimate of drug-likeness (QED) is 0.750. The van der Waals surface area contributed by atoms with E-state index >= 15 is 0 Å². The second-order valence-corrected chi connectivity index (χ2v) is 5.61. The highest BCUT2D eigenvalue weighted by Gasteiger charge is 2.11. The number of hydrogen-bond donors (Lipinski definition) is 1. The van der Waals surface area contributed by atoms with Gasteiger partial charge in [0.1, 0.15) is 11.6 Å². The molecule has 0 spiro atoms. The molecule has 6 heteroatoms. The minimum atomic E-state index is -0.312. The minimum Gasteiger partial charge on any atom is -0.383 e. The zero-order valence-corrected chi connectivity index (χ0v) is 13.3. The first-order chi connectivity index (χ1) is 8.52. The van der Waals surface area contributed by atoms with Gasteiger partial charge in [-0.15, -0.1) is 0 Å². The summed E-state index contributed by atoms with van der Waals surface area (Å²) >= 11 is 5.28. The molecule has 3 nitrogen and oxygen atoms in total. The molecule has 0 atom stereocenters. The second kappa shape index (κ2) is 5.48. The first-order valence-electron chi connectivity index (χ1n) is 5.30. The van der Waals surface area contributed by atoms with Gasteiger partial charge in [-0.2, -0.15) is 0 Å². The topological polar surface area (TPSA) is 51.8 Å². The van der Waals surface area contributed by atoms with Crippen molar-refractivity contribution in [2.45, 2.75) is 13.3 Å². The lowest BCUT2D eigenvalue weighted by Gasteiger charge is -2.08. The van der Waals surface area contributed by atoms with E-state index in [9.17, 15) is 4.39 Å². The molecule has 94 valence electrons. The standard InChI is InChI=1S/C12H10BrFIN3/c1-2-9-10(15)11(16)18-12(17-9)6-3-4-8(14)7(13)5-6/h3-5H,2H2,1H3,(H2,16,17,18). The number of nitrogen functional groups attached to an aromatic ring is 1. The van der Waals surface area contributed by atoms with Crippen LogP contribution in [0, 0.1) is 9.39 Å². The molecule has 1 aromatic carbocycles. The van der Waals surface area contributed by atoms with Gasteiger partial charge >= 0.3 is 0 Å². The fraction of sp³-hybridized carbons (Fsp3) is 0.167. The summed E-state index contributed by atoms with van der Waals surface area (Å²) in [5, 5.41) is 0. The molecule has 0 unspecified atom stereocenters. The SMILES string of the molecule is CCc1nc(-c2ccc(F)c(Br)c2)nc(N)c1I. The van der Waals surface area contributed by atoms with Gasteiger partial charge in [-0.25, -0.2) is 14.4 Å². The Morgan fingerprint density at radius 3 is 2.72 bits per heavy atom. The fourth-order valence-electron chi connectivity index (χ4n) is 1.51. The average Bonchev–Trinajstić information content (AvgIpc) is 2.36. The van der Waals surface area contributed by atoms with Crippen LogP contribution in [0.4, 0.5) is 10.2 Å². The Hall–Kier alpha value is -0.760. The molecule has 2 aromatic rings. The lowest BCUT2D eigenvalue weighted by molar-refractivity contribution is 0.621. The third kappa shape index (κ3) is 2.64. The number of halogens is 3. The van der Waals surface area contributed by atoms with E-state index in [4.69, 9.17) is 5.73 Å². The summed E-state index contributed by atoms with van der Waals surface area (Å²) in [6.07, 6.45) is 0.778. The molecular weight excluding hydrogens is 412 g/mol. The van der Waals surface area contributed by atoms with Gasteiger partial charge in [0.2, 0.25) is 0 Å². The number of hydrogen-bond acceptors (Lipinski definition) is 3. The molecular formula is C12H10BrFIN3. The van der Waals surface area contributed by atoms with Gasteiger partial charge in [-0.3, -0.25) is 0 Å². The maximum absolute atomic E-state index is 13.2. The largest absolute Gasteiger partial charge is 0.383 e. The molecule has 0 fully saturated rings. The van der Waals surface area contributed by atoms with Gasteiger partial charge in [-0.05, 0) is 63.1 Å². The molecule has 0 aliphatic rings. The summed E-state index contributed by atoms with van der Waals surface area (Å²) in [4.78, 5) is 8.69. The van der Waals surface area contributed by atoms with Crippen molar-refractivity contribution in [2.75, 3.05) is 5.73 Å². The fourth-order valence-corrected chi connectivity index (χ4v) is 2.51. The zero-order chi connectivity index (χ0) is 13.3. The van der Waals surface area contributed by atoms with Crippen molar-refractivity contribution in [3.63, 3.8) is 0 Å². The molecule has 0 saturated heterocycles. The molecule has 18 heavy (non-hydrogen) atoms. The second-order valence-electron chi connectivity index (χ2n) is 3.68. The predicted molar refractivity (Wildman–Crippen MR) is 81.6 cm³/mol. The lowest BCUT2D eigenvalue weighted by Crippen LogP contribution is -2.04. The van der Waals surface area contributed by atoms with E-state index in [-0.39, 0.29) is 5.82 Å². The number of rotatable bonds is 2. The van der Waals surface area contributed by atoms with Crippen molar-refractivity contribution < 1.29 is 4.39 Å². The van der Waals surface area contributed by atoms with Crippen molar-refractivity contribution in [1.29, 1.82) is 0 Å². The summed E-state index contributed by atoms with van der Waals surface area (Å²) in [7, 11) is 0. The number of anilines is 1. The molecule has 0 amide bonds. The maximum Gasteiger partial charge on any atom is 0.161 e. The average molecular weight is 422 g/mol. The Morgan fingerprint density at radius 1 is 1.39 bits per heavy atom. The normalized spacial score (nSPS) is 10.7. The van der Waals surface area contributed by atoms with Gasteiger partial charge in [0.05, 0.1) is 13.7 Å². The summed E-state index contributed by atoms with van der Waals surface area (Å²) < 4.78 is 14.5.